The van der Waals surface area contributed by atoms with Crippen LogP contribution in [0.25, 0.3) is 0 Å². The standard InChI is InChI=1S/C13H19N3OS/c1-4-15-13(17)16(12(14)18-15)11-8-6-5-7-10(11)9(2)3/h5-9,12H,4,14H2,1-3H3. The lowest BCUT2D eigenvalue weighted by molar-refractivity contribution is 0.236. The topological polar surface area (TPSA) is 49.6 Å². The fourth-order valence-electron chi connectivity index (χ4n) is 2.10. The minimum absolute atomic E-state index is 0.0249. The van der Waals surface area contributed by atoms with Gasteiger partial charge >= 0.3 is 6.03 Å². The average molecular weight is 265 g/mol. The van der Waals surface area contributed by atoms with Crippen molar-refractivity contribution in [1.29, 1.82) is 0 Å². The lowest BCUT2D eigenvalue weighted by Gasteiger charge is -2.23. The number of carbonyl (C=O) groups excluding carboxylic acids is 1. The minimum Gasteiger partial charge on any atom is -0.301 e. The molecular weight excluding hydrogens is 246 g/mol. The Hall–Kier alpha value is -1.20. The molecule has 1 fully saturated rings. The second kappa shape index (κ2) is 5.20. The highest BCUT2D eigenvalue weighted by Crippen LogP contribution is 2.36. The molecule has 1 aliphatic rings. The maximum atomic E-state index is 12.3. The van der Waals surface area contributed by atoms with Crippen LogP contribution in [0, 0.1) is 0 Å². The van der Waals surface area contributed by atoms with Gasteiger partial charge in [0.25, 0.3) is 0 Å². The van der Waals surface area contributed by atoms with Crippen molar-refractivity contribution in [2.45, 2.75) is 32.2 Å². The summed E-state index contributed by atoms with van der Waals surface area (Å²) in [5.74, 6) is 0.363. The fourth-order valence-corrected chi connectivity index (χ4v) is 2.98. The monoisotopic (exact) mass is 265 g/mol. The van der Waals surface area contributed by atoms with Gasteiger partial charge in [0.05, 0.1) is 5.69 Å². The molecule has 2 rings (SSSR count). The first-order valence-corrected chi connectivity index (χ1v) is 7.02. The molecule has 0 spiro atoms. The summed E-state index contributed by atoms with van der Waals surface area (Å²) in [4.78, 5) is 14.0. The smallest absolute Gasteiger partial charge is 0.301 e. The van der Waals surface area contributed by atoms with Crippen molar-refractivity contribution in [3.8, 4) is 0 Å². The SMILES string of the molecule is CCN1SC(N)N(c2ccccc2C(C)C)C1=O. The number of nitrogens with zero attached hydrogens (tertiary/aromatic N) is 2. The highest BCUT2D eigenvalue weighted by Gasteiger charge is 2.37. The van der Waals surface area contributed by atoms with E-state index in [9.17, 15) is 4.79 Å². The Morgan fingerprint density at radius 3 is 2.61 bits per heavy atom. The van der Waals surface area contributed by atoms with Gasteiger partial charge in [0.1, 0.15) is 0 Å². The Kier molecular flexibility index (Phi) is 3.82. The van der Waals surface area contributed by atoms with Crippen LogP contribution in [0.3, 0.4) is 0 Å². The van der Waals surface area contributed by atoms with Gasteiger partial charge < -0.3 is 5.73 Å². The van der Waals surface area contributed by atoms with Crippen LogP contribution >= 0.6 is 11.9 Å². The first kappa shape index (κ1) is 13.2. The highest BCUT2D eigenvalue weighted by molar-refractivity contribution is 7.98. The fraction of sp³-hybridized carbons (Fsp3) is 0.462. The van der Waals surface area contributed by atoms with E-state index < -0.39 is 0 Å². The number of amides is 2. The molecule has 0 saturated carbocycles. The van der Waals surface area contributed by atoms with E-state index in [-0.39, 0.29) is 11.5 Å². The van der Waals surface area contributed by atoms with Gasteiger partial charge in [-0.25, -0.2) is 4.79 Å². The van der Waals surface area contributed by atoms with Gasteiger partial charge in [-0.1, -0.05) is 32.0 Å². The summed E-state index contributed by atoms with van der Waals surface area (Å²) < 4.78 is 1.70. The van der Waals surface area contributed by atoms with E-state index in [0.29, 0.717) is 12.5 Å². The zero-order valence-corrected chi connectivity index (χ0v) is 11.8. The van der Waals surface area contributed by atoms with Gasteiger partial charge in [0, 0.05) is 6.54 Å². The third-order valence-corrected chi connectivity index (χ3v) is 4.11. The largest absolute Gasteiger partial charge is 0.336 e. The Labute approximate surface area is 112 Å². The second-order valence-corrected chi connectivity index (χ2v) is 5.69. The second-order valence-electron chi connectivity index (χ2n) is 4.56. The van der Waals surface area contributed by atoms with Gasteiger partial charge in [-0.2, -0.15) is 0 Å². The van der Waals surface area contributed by atoms with Gasteiger partial charge in [-0.15, -0.1) is 0 Å². The number of anilines is 1. The van der Waals surface area contributed by atoms with Gasteiger partial charge in [-0.3, -0.25) is 9.21 Å². The molecule has 0 bridgehead atoms. The molecule has 2 amide bonds. The number of hydrogen-bond acceptors (Lipinski definition) is 3. The molecule has 0 aromatic heterocycles. The van der Waals surface area contributed by atoms with E-state index in [0.717, 1.165) is 11.3 Å². The molecule has 2 N–H and O–H groups in total. The van der Waals surface area contributed by atoms with E-state index in [4.69, 9.17) is 5.73 Å². The molecule has 5 heteroatoms. The van der Waals surface area contributed by atoms with E-state index in [1.54, 1.807) is 9.21 Å². The van der Waals surface area contributed by atoms with Crippen molar-refractivity contribution >= 4 is 23.7 Å². The van der Waals surface area contributed by atoms with Crippen molar-refractivity contribution in [3.05, 3.63) is 29.8 Å². The molecule has 0 radical (unpaired) electrons. The summed E-state index contributed by atoms with van der Waals surface area (Å²) in [6, 6.07) is 7.94. The molecule has 4 nitrogen and oxygen atoms in total. The van der Waals surface area contributed by atoms with Crippen molar-refractivity contribution in [2.75, 3.05) is 11.4 Å². The molecular formula is C13H19N3OS. The molecule has 1 atom stereocenters. The molecule has 1 saturated heterocycles. The maximum Gasteiger partial charge on any atom is 0.336 e. The molecule has 0 aliphatic carbocycles. The lowest BCUT2D eigenvalue weighted by Crippen LogP contribution is -2.39. The Morgan fingerprint density at radius 2 is 2.06 bits per heavy atom. The minimum atomic E-state index is -0.336. The number of hydrogen-bond donors (Lipinski definition) is 1. The van der Waals surface area contributed by atoms with Crippen LogP contribution in [0.1, 0.15) is 32.3 Å². The number of benzene rings is 1. The predicted octanol–water partition coefficient (Wildman–Crippen LogP) is 2.96. The molecule has 18 heavy (non-hydrogen) atoms. The van der Waals surface area contributed by atoms with E-state index in [1.807, 2.05) is 25.1 Å². The zero-order valence-electron chi connectivity index (χ0n) is 11.0. The molecule has 98 valence electrons. The normalized spacial score (nSPS) is 20.1. The Bertz CT molecular complexity index is 450. The Balaban J connectivity index is 2.40. The van der Waals surface area contributed by atoms with Gasteiger partial charge in [-0.05, 0) is 36.4 Å². The first-order valence-electron chi connectivity index (χ1n) is 6.18. The van der Waals surface area contributed by atoms with Crippen molar-refractivity contribution in [1.82, 2.24) is 4.31 Å². The number of urea groups is 1. The zero-order chi connectivity index (χ0) is 13.3. The number of rotatable bonds is 3. The summed E-state index contributed by atoms with van der Waals surface area (Å²) in [5, 5.41) is 0. The summed E-state index contributed by atoms with van der Waals surface area (Å²) in [6.07, 6.45) is 0. The van der Waals surface area contributed by atoms with Crippen LogP contribution in [0.15, 0.2) is 24.3 Å². The maximum absolute atomic E-state index is 12.3. The van der Waals surface area contributed by atoms with Crippen LogP contribution in [-0.2, 0) is 0 Å². The number of carbonyl (C=O) groups is 1. The number of nitrogens with two attached hydrogens (primary N) is 1. The van der Waals surface area contributed by atoms with Gasteiger partial charge in [0.15, 0.2) is 5.50 Å². The van der Waals surface area contributed by atoms with Crippen molar-refractivity contribution in [3.63, 3.8) is 0 Å². The van der Waals surface area contributed by atoms with Crippen molar-refractivity contribution < 1.29 is 4.79 Å². The molecule has 1 aromatic carbocycles. The Morgan fingerprint density at radius 1 is 1.39 bits per heavy atom. The summed E-state index contributed by atoms with van der Waals surface area (Å²) >= 11 is 1.38. The predicted molar refractivity (Wildman–Crippen MR) is 76.4 cm³/mol. The summed E-state index contributed by atoms with van der Waals surface area (Å²) in [6.45, 7) is 6.86. The van der Waals surface area contributed by atoms with E-state index in [1.165, 1.54) is 11.9 Å². The number of para-hydroxylation sites is 1. The van der Waals surface area contributed by atoms with E-state index in [2.05, 4.69) is 19.9 Å². The van der Waals surface area contributed by atoms with Gasteiger partial charge in [0.2, 0.25) is 0 Å². The molecule has 1 unspecified atom stereocenters. The quantitative estimate of drug-likeness (QED) is 0.855. The highest BCUT2D eigenvalue weighted by atomic mass is 32.2. The lowest BCUT2D eigenvalue weighted by atomic mass is 10.0. The third-order valence-electron chi connectivity index (χ3n) is 3.01. The average Bonchev–Trinajstić information content (AvgIpc) is 2.64. The van der Waals surface area contributed by atoms with Crippen LogP contribution in [0.2, 0.25) is 0 Å². The van der Waals surface area contributed by atoms with Crippen LogP contribution < -0.4 is 10.6 Å². The van der Waals surface area contributed by atoms with Crippen molar-refractivity contribution in [2.24, 2.45) is 5.73 Å². The third kappa shape index (κ3) is 2.20. The first-order chi connectivity index (χ1) is 8.56. The van der Waals surface area contributed by atoms with Crippen LogP contribution in [-0.4, -0.2) is 22.4 Å². The molecule has 1 aliphatic heterocycles. The summed E-state index contributed by atoms with van der Waals surface area (Å²) in [7, 11) is 0. The van der Waals surface area contributed by atoms with E-state index >= 15 is 0 Å². The molecule has 1 aromatic rings. The summed E-state index contributed by atoms with van der Waals surface area (Å²) in [5.41, 5.74) is 7.80. The molecule has 1 heterocycles. The van der Waals surface area contributed by atoms with Crippen LogP contribution in [0.5, 0.6) is 0 Å². The van der Waals surface area contributed by atoms with Crippen LogP contribution in [0.4, 0.5) is 10.5 Å².